The molecule has 1 atom stereocenters. The predicted molar refractivity (Wildman–Crippen MR) is 118 cm³/mol. The van der Waals surface area contributed by atoms with Crippen LogP contribution in [0.2, 0.25) is 0 Å². The molecule has 0 spiro atoms. The van der Waals surface area contributed by atoms with Crippen LogP contribution < -0.4 is 10.6 Å². The molecular weight excluding hydrogens is 413 g/mol. The lowest BCUT2D eigenvalue weighted by Crippen LogP contribution is -2.55. The average Bonchev–Trinajstić information content (AvgIpc) is 3.31. The first-order chi connectivity index (χ1) is 15.5. The van der Waals surface area contributed by atoms with Gasteiger partial charge in [-0.3, -0.25) is 14.4 Å². The van der Waals surface area contributed by atoms with E-state index in [2.05, 4.69) is 10.6 Å². The van der Waals surface area contributed by atoms with E-state index < -0.39 is 29.6 Å². The topological polar surface area (TPSA) is 87.7 Å². The number of halogens is 1. The fourth-order valence-corrected chi connectivity index (χ4v) is 4.77. The Morgan fingerprint density at radius 2 is 1.72 bits per heavy atom. The number of benzene rings is 1. The molecule has 3 amide bonds. The fourth-order valence-electron chi connectivity index (χ4n) is 4.77. The van der Waals surface area contributed by atoms with Crippen molar-refractivity contribution in [2.24, 2.45) is 0 Å². The van der Waals surface area contributed by atoms with Crippen LogP contribution in [0.25, 0.3) is 0 Å². The first kappa shape index (κ1) is 24.2. The third-order valence-corrected chi connectivity index (χ3v) is 6.42. The number of hydrogen-bond acceptors (Lipinski definition) is 4. The van der Waals surface area contributed by atoms with Crippen molar-refractivity contribution in [3.63, 3.8) is 0 Å². The van der Waals surface area contributed by atoms with Crippen molar-refractivity contribution < 1.29 is 23.5 Å². The van der Waals surface area contributed by atoms with E-state index in [1.165, 1.54) is 30.2 Å². The molecule has 32 heavy (non-hydrogen) atoms. The Balaban J connectivity index is 1.94. The third-order valence-electron chi connectivity index (χ3n) is 6.42. The number of carbonyl (C=O) groups excluding carboxylic acids is 3. The van der Waals surface area contributed by atoms with Gasteiger partial charge in [0.25, 0.3) is 0 Å². The summed E-state index contributed by atoms with van der Waals surface area (Å²) >= 11 is 0. The summed E-state index contributed by atoms with van der Waals surface area (Å²) in [4.78, 5) is 41.0. The van der Waals surface area contributed by atoms with E-state index in [1.807, 2.05) is 0 Å². The van der Waals surface area contributed by atoms with Crippen molar-refractivity contribution in [1.29, 1.82) is 0 Å². The van der Waals surface area contributed by atoms with Crippen molar-refractivity contribution in [2.75, 3.05) is 20.3 Å². The van der Waals surface area contributed by atoms with E-state index in [0.29, 0.717) is 12.8 Å². The van der Waals surface area contributed by atoms with E-state index in [0.717, 1.165) is 44.9 Å². The molecule has 0 saturated heterocycles. The molecule has 2 saturated carbocycles. The molecule has 0 unspecified atom stereocenters. The van der Waals surface area contributed by atoms with E-state index in [9.17, 15) is 18.8 Å². The second-order valence-corrected chi connectivity index (χ2v) is 8.67. The van der Waals surface area contributed by atoms with Crippen LogP contribution in [-0.2, 0) is 19.1 Å². The average molecular weight is 448 g/mol. The van der Waals surface area contributed by atoms with Crippen LogP contribution in [-0.4, -0.2) is 55.0 Å². The minimum atomic E-state index is -1.22. The molecule has 1 aromatic rings. The summed E-state index contributed by atoms with van der Waals surface area (Å²) in [7, 11) is 1.52. The number of nitrogens with one attached hydrogen (secondary N) is 2. The molecular formula is C24H34FN3O4. The molecule has 3 rings (SSSR count). The van der Waals surface area contributed by atoms with Crippen LogP contribution in [0.15, 0.2) is 24.3 Å². The van der Waals surface area contributed by atoms with E-state index in [4.69, 9.17) is 4.74 Å². The van der Waals surface area contributed by atoms with Crippen molar-refractivity contribution >= 4 is 17.7 Å². The van der Waals surface area contributed by atoms with Crippen LogP contribution >= 0.6 is 0 Å². The van der Waals surface area contributed by atoms with Crippen LogP contribution in [0.4, 0.5) is 4.39 Å². The lowest BCUT2D eigenvalue weighted by Gasteiger charge is -2.39. The van der Waals surface area contributed by atoms with E-state index >= 15 is 0 Å². The molecule has 8 heteroatoms. The van der Waals surface area contributed by atoms with Crippen LogP contribution in [0, 0.1) is 5.82 Å². The van der Waals surface area contributed by atoms with E-state index in [-0.39, 0.29) is 30.8 Å². The highest BCUT2D eigenvalue weighted by atomic mass is 19.1. The lowest BCUT2D eigenvalue weighted by molar-refractivity contribution is -0.153. The van der Waals surface area contributed by atoms with Gasteiger partial charge in [-0.2, -0.15) is 0 Å². The van der Waals surface area contributed by atoms with Gasteiger partial charge in [0.15, 0.2) is 0 Å². The predicted octanol–water partition coefficient (Wildman–Crippen LogP) is 2.85. The van der Waals surface area contributed by atoms with Gasteiger partial charge in [-0.15, -0.1) is 0 Å². The molecule has 2 fully saturated rings. The summed E-state index contributed by atoms with van der Waals surface area (Å²) in [5.74, 6) is -2.57. The summed E-state index contributed by atoms with van der Waals surface area (Å²) in [6.07, 6.45) is 7.92. The largest absolute Gasteiger partial charge is 0.383 e. The molecule has 0 bridgehead atoms. The van der Waals surface area contributed by atoms with Crippen LogP contribution in [0.3, 0.4) is 0 Å². The van der Waals surface area contributed by atoms with Gasteiger partial charge in [0.2, 0.25) is 5.91 Å². The van der Waals surface area contributed by atoms with Crippen LogP contribution in [0.1, 0.15) is 69.4 Å². The smallest absolute Gasteiger partial charge is 0.313 e. The monoisotopic (exact) mass is 447 g/mol. The number of ether oxygens (including phenoxy) is 1. The van der Waals surface area contributed by atoms with Gasteiger partial charge in [0.05, 0.1) is 6.61 Å². The van der Waals surface area contributed by atoms with Gasteiger partial charge < -0.3 is 20.3 Å². The van der Waals surface area contributed by atoms with Gasteiger partial charge in [-0.05, 0) is 31.7 Å². The highest BCUT2D eigenvalue weighted by Gasteiger charge is 2.41. The Labute approximate surface area is 189 Å². The SMILES string of the molecule is COCCNC(=O)[C@@H](c1ccccc1F)N(C(=O)C(=O)NC1CCCC1)C1CCCCC1. The zero-order valence-electron chi connectivity index (χ0n) is 18.8. The van der Waals surface area contributed by atoms with Crippen molar-refractivity contribution in [3.8, 4) is 0 Å². The number of methoxy groups -OCH3 is 1. The maximum absolute atomic E-state index is 14.9. The highest BCUT2D eigenvalue weighted by Crippen LogP contribution is 2.32. The zero-order valence-corrected chi connectivity index (χ0v) is 18.8. The Morgan fingerprint density at radius 3 is 2.38 bits per heavy atom. The number of nitrogens with zero attached hydrogens (tertiary/aromatic N) is 1. The van der Waals surface area contributed by atoms with E-state index in [1.54, 1.807) is 6.07 Å². The van der Waals surface area contributed by atoms with Gasteiger partial charge in [-0.1, -0.05) is 50.3 Å². The molecule has 176 valence electrons. The van der Waals surface area contributed by atoms with Gasteiger partial charge >= 0.3 is 11.8 Å². The maximum Gasteiger partial charge on any atom is 0.313 e. The summed E-state index contributed by atoms with van der Waals surface area (Å²) in [5, 5.41) is 5.57. The Kier molecular flexibility index (Phi) is 9.02. The molecule has 2 N–H and O–H groups in total. The van der Waals surface area contributed by atoms with Crippen LogP contribution in [0.5, 0.6) is 0 Å². The number of amides is 3. The summed E-state index contributed by atoms with van der Waals surface area (Å²) in [6.45, 7) is 0.510. The van der Waals surface area contributed by atoms with Gasteiger partial charge in [0.1, 0.15) is 11.9 Å². The van der Waals surface area contributed by atoms with Crippen molar-refractivity contribution in [1.82, 2.24) is 15.5 Å². The molecule has 0 radical (unpaired) electrons. The zero-order chi connectivity index (χ0) is 22.9. The summed E-state index contributed by atoms with van der Waals surface area (Å²) in [6, 6.07) is 4.40. The molecule has 2 aliphatic rings. The van der Waals surface area contributed by atoms with Crippen molar-refractivity contribution in [3.05, 3.63) is 35.6 Å². The maximum atomic E-state index is 14.9. The Hall–Kier alpha value is -2.48. The summed E-state index contributed by atoms with van der Waals surface area (Å²) in [5.41, 5.74) is 0.0926. The number of carbonyl (C=O) groups is 3. The van der Waals surface area contributed by atoms with Gasteiger partial charge in [-0.25, -0.2) is 4.39 Å². The third kappa shape index (κ3) is 6.06. The Bertz CT molecular complexity index is 791. The first-order valence-corrected chi connectivity index (χ1v) is 11.7. The molecule has 0 heterocycles. The standard InChI is InChI=1S/C24H34FN3O4/c1-32-16-15-26-22(29)21(19-13-7-8-14-20(19)25)28(18-11-3-2-4-12-18)24(31)23(30)27-17-9-5-6-10-17/h7-8,13-14,17-18,21H,2-6,9-12,15-16H2,1H3,(H,26,29)(H,27,30)/t21-/m1/s1. The number of rotatable bonds is 8. The Morgan fingerprint density at radius 1 is 1.06 bits per heavy atom. The normalized spacial score (nSPS) is 18.2. The minimum Gasteiger partial charge on any atom is -0.383 e. The lowest BCUT2D eigenvalue weighted by atomic mass is 9.91. The number of hydrogen-bond donors (Lipinski definition) is 2. The van der Waals surface area contributed by atoms with Gasteiger partial charge in [0, 0.05) is 31.3 Å². The molecule has 1 aromatic carbocycles. The second-order valence-electron chi connectivity index (χ2n) is 8.67. The minimum absolute atomic E-state index is 0.0258. The van der Waals surface area contributed by atoms with Crippen molar-refractivity contribution in [2.45, 2.75) is 75.9 Å². The quantitative estimate of drug-likeness (QED) is 0.474. The molecule has 0 aliphatic heterocycles. The fraction of sp³-hybridized carbons (Fsp3) is 0.625. The molecule has 7 nitrogen and oxygen atoms in total. The second kappa shape index (κ2) is 11.9. The summed E-state index contributed by atoms with van der Waals surface area (Å²) < 4.78 is 19.9. The first-order valence-electron chi connectivity index (χ1n) is 11.7. The molecule has 0 aromatic heterocycles. The molecule has 2 aliphatic carbocycles. The highest BCUT2D eigenvalue weighted by molar-refractivity contribution is 6.35.